The first kappa shape index (κ1) is 18.6. The highest BCUT2D eigenvalue weighted by Gasteiger charge is 2.13. The number of carbonyl (C=O) groups excluding carboxylic acids is 1. The summed E-state index contributed by atoms with van der Waals surface area (Å²) in [4.78, 5) is 27.7. The molecule has 0 unspecified atom stereocenters. The summed E-state index contributed by atoms with van der Waals surface area (Å²) in [6.45, 7) is 1.80. The molecule has 2 heterocycles. The number of aryl methyl sites for hydroxylation is 2. The van der Waals surface area contributed by atoms with E-state index < -0.39 is 17.4 Å². The maximum atomic E-state index is 13.8. The van der Waals surface area contributed by atoms with E-state index in [2.05, 4.69) is 4.98 Å². The lowest BCUT2D eigenvalue weighted by Gasteiger charge is -2.05. The van der Waals surface area contributed by atoms with Crippen LogP contribution in [0.2, 0.25) is 0 Å². The third kappa shape index (κ3) is 4.08. The second-order valence-electron chi connectivity index (χ2n) is 6.48. The minimum atomic E-state index is -0.495. The zero-order valence-electron chi connectivity index (χ0n) is 15.5. The Balaban J connectivity index is 1.41. The van der Waals surface area contributed by atoms with Crippen molar-refractivity contribution in [3.05, 3.63) is 82.4 Å². The summed E-state index contributed by atoms with van der Waals surface area (Å²) in [7, 11) is 0. The predicted molar refractivity (Wildman–Crippen MR) is 103 cm³/mol. The summed E-state index contributed by atoms with van der Waals surface area (Å²) < 4.78 is 29.8. The van der Waals surface area contributed by atoms with Crippen LogP contribution in [0.25, 0.3) is 22.3 Å². The van der Waals surface area contributed by atoms with Crippen molar-refractivity contribution < 1.29 is 22.8 Å². The van der Waals surface area contributed by atoms with E-state index in [0.29, 0.717) is 22.8 Å². The summed E-state index contributed by atoms with van der Waals surface area (Å²) in [5.41, 5.74) is 0.973. The van der Waals surface area contributed by atoms with Crippen LogP contribution in [0.15, 0.2) is 68.4 Å². The molecule has 0 amide bonds. The fourth-order valence-corrected chi connectivity index (χ4v) is 2.97. The normalized spacial score (nSPS) is 11.0. The van der Waals surface area contributed by atoms with Gasteiger partial charge in [-0.05, 0) is 36.8 Å². The van der Waals surface area contributed by atoms with Gasteiger partial charge in [-0.1, -0.05) is 12.1 Å². The molecule has 7 heteroatoms. The van der Waals surface area contributed by atoms with Crippen LogP contribution in [0.3, 0.4) is 0 Å². The minimum Gasteiger partial charge on any atom is -0.441 e. The lowest BCUT2D eigenvalue weighted by molar-refractivity contribution is -0.134. The SMILES string of the molecule is Cc1cc(=O)oc2cc(OC(=O)CCc3ncc(-c4ccccc4F)o3)ccc12. The number of aromatic nitrogens is 1. The first-order chi connectivity index (χ1) is 14.0. The molecule has 0 aliphatic heterocycles. The number of halogens is 1. The third-order valence-corrected chi connectivity index (χ3v) is 4.39. The quantitative estimate of drug-likeness (QED) is 0.283. The molecule has 0 aliphatic rings. The summed E-state index contributed by atoms with van der Waals surface area (Å²) >= 11 is 0. The Morgan fingerprint density at radius 3 is 2.79 bits per heavy atom. The predicted octanol–water partition coefficient (Wildman–Crippen LogP) is 4.43. The highest BCUT2D eigenvalue weighted by Crippen LogP contribution is 2.24. The Hall–Kier alpha value is -3.74. The molecule has 2 aromatic carbocycles. The van der Waals surface area contributed by atoms with Gasteiger partial charge in [-0.25, -0.2) is 14.2 Å². The first-order valence-electron chi connectivity index (χ1n) is 8.94. The van der Waals surface area contributed by atoms with Crippen molar-refractivity contribution in [2.24, 2.45) is 0 Å². The number of hydrogen-bond donors (Lipinski definition) is 0. The number of nitrogens with zero attached hydrogens (tertiary/aromatic N) is 1. The molecule has 0 atom stereocenters. The summed E-state index contributed by atoms with van der Waals surface area (Å²) in [5, 5.41) is 0.768. The fraction of sp³-hybridized carbons (Fsp3) is 0.136. The van der Waals surface area contributed by atoms with Gasteiger partial charge < -0.3 is 13.6 Å². The second-order valence-corrected chi connectivity index (χ2v) is 6.48. The van der Waals surface area contributed by atoms with Crippen LogP contribution in [-0.4, -0.2) is 11.0 Å². The molecular weight excluding hydrogens is 377 g/mol. The van der Waals surface area contributed by atoms with Gasteiger partial charge in [-0.3, -0.25) is 4.79 Å². The van der Waals surface area contributed by atoms with Crippen molar-refractivity contribution in [3.63, 3.8) is 0 Å². The van der Waals surface area contributed by atoms with Gasteiger partial charge in [0.25, 0.3) is 0 Å². The van der Waals surface area contributed by atoms with E-state index in [0.717, 1.165) is 10.9 Å². The molecule has 0 saturated heterocycles. The van der Waals surface area contributed by atoms with Crippen LogP contribution in [0, 0.1) is 12.7 Å². The van der Waals surface area contributed by atoms with Crippen LogP contribution in [-0.2, 0) is 11.2 Å². The van der Waals surface area contributed by atoms with E-state index in [-0.39, 0.29) is 18.6 Å². The molecule has 0 saturated carbocycles. The average molecular weight is 393 g/mol. The molecule has 0 fully saturated rings. The molecular formula is C22H16FNO5. The van der Waals surface area contributed by atoms with Gasteiger partial charge in [0.15, 0.2) is 11.7 Å². The second kappa shape index (κ2) is 7.71. The molecule has 4 aromatic rings. The number of esters is 1. The Labute approximate surface area is 164 Å². The molecule has 6 nitrogen and oxygen atoms in total. The summed E-state index contributed by atoms with van der Waals surface area (Å²) in [6, 6.07) is 12.5. The lowest BCUT2D eigenvalue weighted by Crippen LogP contribution is -2.09. The maximum absolute atomic E-state index is 13.8. The van der Waals surface area contributed by atoms with Crippen LogP contribution in [0.5, 0.6) is 5.75 Å². The molecule has 0 spiro atoms. The van der Waals surface area contributed by atoms with E-state index in [1.165, 1.54) is 24.4 Å². The largest absolute Gasteiger partial charge is 0.441 e. The van der Waals surface area contributed by atoms with Gasteiger partial charge in [0.2, 0.25) is 0 Å². The van der Waals surface area contributed by atoms with Crippen LogP contribution in [0.1, 0.15) is 17.9 Å². The van der Waals surface area contributed by atoms with E-state index in [1.807, 2.05) is 0 Å². The molecule has 146 valence electrons. The van der Waals surface area contributed by atoms with Gasteiger partial charge in [0.1, 0.15) is 17.1 Å². The molecule has 0 radical (unpaired) electrons. The Morgan fingerprint density at radius 2 is 1.97 bits per heavy atom. The topological polar surface area (TPSA) is 82.5 Å². The van der Waals surface area contributed by atoms with Gasteiger partial charge >= 0.3 is 11.6 Å². The van der Waals surface area contributed by atoms with E-state index in [9.17, 15) is 14.0 Å². The Morgan fingerprint density at radius 1 is 1.14 bits per heavy atom. The van der Waals surface area contributed by atoms with Gasteiger partial charge in [0, 0.05) is 23.9 Å². The van der Waals surface area contributed by atoms with Crippen molar-refractivity contribution in [3.8, 4) is 17.1 Å². The third-order valence-electron chi connectivity index (χ3n) is 4.39. The summed E-state index contributed by atoms with van der Waals surface area (Å²) in [5.74, 6) is -0.0276. The van der Waals surface area contributed by atoms with Crippen LogP contribution >= 0.6 is 0 Å². The van der Waals surface area contributed by atoms with Crippen molar-refractivity contribution in [1.29, 1.82) is 0 Å². The number of ether oxygens (including phenoxy) is 1. The molecule has 0 aliphatic carbocycles. The maximum Gasteiger partial charge on any atom is 0.336 e. The van der Waals surface area contributed by atoms with Gasteiger partial charge in [-0.15, -0.1) is 0 Å². The number of rotatable bonds is 5. The van der Waals surface area contributed by atoms with Gasteiger partial charge in [-0.2, -0.15) is 0 Å². The molecule has 2 aromatic heterocycles. The standard InChI is InChI=1S/C22H16FNO5/c1-13-10-22(26)29-18-11-14(6-7-15(13)18)27-21(25)9-8-20-24-12-19(28-20)16-4-2-3-5-17(16)23/h2-7,10-12H,8-9H2,1H3. The number of benzene rings is 2. The monoisotopic (exact) mass is 393 g/mol. The Kier molecular flexibility index (Phi) is 4.95. The molecule has 0 N–H and O–H groups in total. The zero-order chi connectivity index (χ0) is 20.4. The number of hydrogen-bond acceptors (Lipinski definition) is 6. The number of fused-ring (bicyclic) bond motifs is 1. The van der Waals surface area contributed by atoms with E-state index >= 15 is 0 Å². The highest BCUT2D eigenvalue weighted by molar-refractivity contribution is 5.82. The lowest BCUT2D eigenvalue weighted by atomic mass is 10.1. The number of carbonyl (C=O) groups is 1. The zero-order valence-corrected chi connectivity index (χ0v) is 15.5. The minimum absolute atomic E-state index is 0.0209. The number of oxazole rings is 1. The fourth-order valence-electron chi connectivity index (χ4n) is 2.97. The smallest absolute Gasteiger partial charge is 0.336 e. The van der Waals surface area contributed by atoms with E-state index in [4.69, 9.17) is 13.6 Å². The van der Waals surface area contributed by atoms with Crippen LogP contribution in [0.4, 0.5) is 4.39 Å². The molecule has 4 rings (SSSR count). The van der Waals surface area contributed by atoms with Crippen molar-refractivity contribution >= 4 is 16.9 Å². The highest BCUT2D eigenvalue weighted by atomic mass is 19.1. The Bertz CT molecular complexity index is 1260. The molecule has 29 heavy (non-hydrogen) atoms. The van der Waals surface area contributed by atoms with Gasteiger partial charge in [0.05, 0.1) is 18.2 Å². The van der Waals surface area contributed by atoms with E-state index in [1.54, 1.807) is 37.3 Å². The molecule has 0 bridgehead atoms. The van der Waals surface area contributed by atoms with Crippen LogP contribution < -0.4 is 10.4 Å². The van der Waals surface area contributed by atoms with Crippen molar-refractivity contribution in [2.75, 3.05) is 0 Å². The first-order valence-corrected chi connectivity index (χ1v) is 8.94. The van der Waals surface area contributed by atoms with Crippen molar-refractivity contribution in [2.45, 2.75) is 19.8 Å². The average Bonchev–Trinajstić information content (AvgIpc) is 3.15. The summed E-state index contributed by atoms with van der Waals surface area (Å²) in [6.07, 6.45) is 1.65. The van der Waals surface area contributed by atoms with Crippen molar-refractivity contribution in [1.82, 2.24) is 4.98 Å².